The number of nitrogens with one attached hydrogen (secondary N) is 1. The average Bonchev–Trinajstić information content (AvgIpc) is 2.47. The Kier molecular flexibility index (Phi) is 5.32. The van der Waals surface area contributed by atoms with Gasteiger partial charge < -0.3 is 10.1 Å². The van der Waals surface area contributed by atoms with Gasteiger partial charge in [-0.1, -0.05) is 24.6 Å². The SMILES string of the molecule is CCNCc1ccc(OCc2ccc(F)c(Cl)c2)cn1. The second-order valence-corrected chi connectivity index (χ2v) is 4.71. The third-order valence-corrected chi connectivity index (χ3v) is 3.03. The fourth-order valence-corrected chi connectivity index (χ4v) is 1.85. The van der Waals surface area contributed by atoms with E-state index in [1.54, 1.807) is 18.3 Å². The Balaban J connectivity index is 1.91. The van der Waals surface area contributed by atoms with Gasteiger partial charge in [-0.25, -0.2) is 4.39 Å². The molecule has 0 aliphatic heterocycles. The zero-order valence-corrected chi connectivity index (χ0v) is 12.0. The second-order valence-electron chi connectivity index (χ2n) is 4.30. The van der Waals surface area contributed by atoms with Crippen molar-refractivity contribution in [3.63, 3.8) is 0 Å². The Labute approximate surface area is 122 Å². The standard InChI is InChI=1S/C15H16ClFN2O/c1-2-18-8-12-4-5-13(9-19-12)20-10-11-3-6-15(17)14(16)7-11/h3-7,9,18H,2,8,10H2,1H3. The van der Waals surface area contributed by atoms with E-state index in [-0.39, 0.29) is 5.02 Å². The third kappa shape index (κ3) is 4.18. The van der Waals surface area contributed by atoms with Crippen LogP contribution >= 0.6 is 11.6 Å². The third-order valence-electron chi connectivity index (χ3n) is 2.74. The van der Waals surface area contributed by atoms with Crippen molar-refractivity contribution in [1.29, 1.82) is 0 Å². The van der Waals surface area contributed by atoms with Crippen LogP contribution in [0.2, 0.25) is 5.02 Å². The molecule has 1 aromatic heterocycles. The van der Waals surface area contributed by atoms with Crippen molar-refractivity contribution < 1.29 is 9.13 Å². The quantitative estimate of drug-likeness (QED) is 0.884. The van der Waals surface area contributed by atoms with Gasteiger partial charge in [-0.05, 0) is 36.4 Å². The van der Waals surface area contributed by atoms with Crippen molar-refractivity contribution in [2.45, 2.75) is 20.1 Å². The lowest BCUT2D eigenvalue weighted by Crippen LogP contribution is -2.12. The number of hydrogen-bond donors (Lipinski definition) is 1. The van der Waals surface area contributed by atoms with Gasteiger partial charge in [0.2, 0.25) is 0 Å². The molecule has 1 aromatic carbocycles. The predicted molar refractivity (Wildman–Crippen MR) is 77.4 cm³/mol. The van der Waals surface area contributed by atoms with E-state index in [1.807, 2.05) is 19.1 Å². The number of halogens is 2. The first-order valence-electron chi connectivity index (χ1n) is 6.41. The van der Waals surface area contributed by atoms with Crippen LogP contribution in [0.5, 0.6) is 5.75 Å². The smallest absolute Gasteiger partial charge is 0.141 e. The van der Waals surface area contributed by atoms with Crippen LogP contribution in [0.15, 0.2) is 36.5 Å². The van der Waals surface area contributed by atoms with E-state index in [9.17, 15) is 4.39 Å². The van der Waals surface area contributed by atoms with Crippen molar-refractivity contribution in [2.75, 3.05) is 6.54 Å². The van der Waals surface area contributed by atoms with E-state index >= 15 is 0 Å². The molecular formula is C15H16ClFN2O. The van der Waals surface area contributed by atoms with Crippen LogP contribution in [0.3, 0.4) is 0 Å². The summed E-state index contributed by atoms with van der Waals surface area (Å²) < 4.78 is 18.6. The zero-order chi connectivity index (χ0) is 14.4. The lowest BCUT2D eigenvalue weighted by molar-refractivity contribution is 0.304. The van der Waals surface area contributed by atoms with Gasteiger partial charge in [0.25, 0.3) is 0 Å². The molecule has 0 saturated heterocycles. The van der Waals surface area contributed by atoms with Crippen LogP contribution in [-0.4, -0.2) is 11.5 Å². The maximum absolute atomic E-state index is 13.0. The maximum atomic E-state index is 13.0. The lowest BCUT2D eigenvalue weighted by Gasteiger charge is -2.07. The Morgan fingerprint density at radius 2 is 2.15 bits per heavy atom. The minimum absolute atomic E-state index is 0.102. The monoisotopic (exact) mass is 294 g/mol. The topological polar surface area (TPSA) is 34.1 Å². The molecule has 2 aromatic rings. The molecule has 0 radical (unpaired) electrons. The van der Waals surface area contributed by atoms with Crippen molar-refractivity contribution in [3.05, 3.63) is 58.6 Å². The number of benzene rings is 1. The molecule has 106 valence electrons. The molecule has 3 nitrogen and oxygen atoms in total. The van der Waals surface area contributed by atoms with E-state index in [0.29, 0.717) is 12.4 Å². The van der Waals surface area contributed by atoms with E-state index in [4.69, 9.17) is 16.3 Å². The van der Waals surface area contributed by atoms with E-state index in [1.165, 1.54) is 6.07 Å². The number of hydrogen-bond acceptors (Lipinski definition) is 3. The summed E-state index contributed by atoms with van der Waals surface area (Å²) in [5.74, 6) is 0.246. The van der Waals surface area contributed by atoms with Gasteiger partial charge in [-0.3, -0.25) is 4.98 Å². The van der Waals surface area contributed by atoms with Crippen molar-refractivity contribution >= 4 is 11.6 Å². The summed E-state index contributed by atoms with van der Waals surface area (Å²) in [6.07, 6.45) is 1.68. The summed E-state index contributed by atoms with van der Waals surface area (Å²) in [6, 6.07) is 8.32. The molecule has 2 rings (SSSR count). The molecule has 0 unspecified atom stereocenters. The number of ether oxygens (including phenoxy) is 1. The molecule has 0 saturated carbocycles. The summed E-state index contributed by atoms with van der Waals surface area (Å²) in [5, 5.41) is 3.30. The molecule has 0 aliphatic carbocycles. The summed E-state index contributed by atoms with van der Waals surface area (Å²) >= 11 is 5.71. The Morgan fingerprint density at radius 1 is 1.30 bits per heavy atom. The van der Waals surface area contributed by atoms with E-state index in [0.717, 1.165) is 24.3 Å². The maximum Gasteiger partial charge on any atom is 0.141 e. The van der Waals surface area contributed by atoms with E-state index < -0.39 is 5.82 Å². The molecule has 1 N–H and O–H groups in total. The van der Waals surface area contributed by atoms with E-state index in [2.05, 4.69) is 10.3 Å². The lowest BCUT2D eigenvalue weighted by atomic mass is 10.2. The van der Waals surface area contributed by atoms with Gasteiger partial charge >= 0.3 is 0 Å². The molecule has 0 atom stereocenters. The fourth-order valence-electron chi connectivity index (χ4n) is 1.65. The van der Waals surface area contributed by atoms with Crippen LogP contribution < -0.4 is 10.1 Å². The number of aromatic nitrogens is 1. The van der Waals surface area contributed by atoms with Crippen molar-refractivity contribution in [1.82, 2.24) is 10.3 Å². The second kappa shape index (κ2) is 7.22. The molecule has 5 heteroatoms. The summed E-state index contributed by atoms with van der Waals surface area (Å²) in [7, 11) is 0. The molecule has 0 aliphatic rings. The van der Waals surface area contributed by atoms with Gasteiger partial charge in [0.05, 0.1) is 16.9 Å². The predicted octanol–water partition coefficient (Wildman–Crippen LogP) is 3.56. The summed E-state index contributed by atoms with van der Waals surface area (Å²) in [6.45, 7) is 4.02. The van der Waals surface area contributed by atoms with Crippen molar-refractivity contribution in [3.8, 4) is 5.75 Å². The van der Waals surface area contributed by atoms with Crippen LogP contribution in [-0.2, 0) is 13.2 Å². The summed E-state index contributed by atoms with van der Waals surface area (Å²) in [5.41, 5.74) is 1.78. The highest BCUT2D eigenvalue weighted by Gasteiger charge is 2.02. The first-order valence-corrected chi connectivity index (χ1v) is 6.79. The Hall–Kier alpha value is -1.65. The highest BCUT2D eigenvalue weighted by Crippen LogP contribution is 2.18. The molecule has 0 amide bonds. The normalized spacial score (nSPS) is 10.6. The zero-order valence-electron chi connectivity index (χ0n) is 11.2. The molecule has 20 heavy (non-hydrogen) atoms. The molecular weight excluding hydrogens is 279 g/mol. The first kappa shape index (κ1) is 14.8. The molecule has 1 heterocycles. The fraction of sp³-hybridized carbons (Fsp3) is 0.267. The van der Waals surface area contributed by atoms with Gasteiger partial charge in [0.1, 0.15) is 18.2 Å². The molecule has 0 bridgehead atoms. The van der Waals surface area contributed by atoms with Gasteiger partial charge in [-0.15, -0.1) is 0 Å². The van der Waals surface area contributed by atoms with Gasteiger partial charge in [-0.2, -0.15) is 0 Å². The minimum Gasteiger partial charge on any atom is -0.487 e. The molecule has 0 spiro atoms. The first-order chi connectivity index (χ1) is 9.69. The number of rotatable bonds is 6. The number of nitrogens with zero attached hydrogens (tertiary/aromatic N) is 1. The Morgan fingerprint density at radius 3 is 2.80 bits per heavy atom. The van der Waals surface area contributed by atoms with Gasteiger partial charge in [0, 0.05) is 6.54 Å². The van der Waals surface area contributed by atoms with Crippen LogP contribution in [0.1, 0.15) is 18.2 Å². The van der Waals surface area contributed by atoms with Crippen LogP contribution in [0.25, 0.3) is 0 Å². The number of pyridine rings is 1. The van der Waals surface area contributed by atoms with Gasteiger partial charge in [0.15, 0.2) is 0 Å². The largest absolute Gasteiger partial charge is 0.487 e. The average molecular weight is 295 g/mol. The molecule has 0 fully saturated rings. The van der Waals surface area contributed by atoms with Crippen LogP contribution in [0.4, 0.5) is 4.39 Å². The van der Waals surface area contributed by atoms with Crippen molar-refractivity contribution in [2.24, 2.45) is 0 Å². The summed E-state index contributed by atoms with van der Waals surface area (Å²) in [4.78, 5) is 4.29. The van der Waals surface area contributed by atoms with Crippen LogP contribution in [0, 0.1) is 5.82 Å². The minimum atomic E-state index is -0.426. The Bertz CT molecular complexity index is 560. The highest BCUT2D eigenvalue weighted by atomic mass is 35.5. The highest BCUT2D eigenvalue weighted by molar-refractivity contribution is 6.30.